The van der Waals surface area contributed by atoms with E-state index in [1.807, 2.05) is 29.6 Å². The number of carbonyl (C=O) groups is 2. The molecule has 1 aromatic heterocycles. The van der Waals surface area contributed by atoms with Crippen LogP contribution in [0.5, 0.6) is 0 Å². The van der Waals surface area contributed by atoms with Gasteiger partial charge >= 0.3 is 0 Å². The number of nitrogens with one attached hydrogen (secondary N) is 1. The number of likely N-dealkylation sites (tertiary alicyclic amines) is 1. The van der Waals surface area contributed by atoms with Crippen molar-refractivity contribution in [3.8, 4) is 0 Å². The lowest BCUT2D eigenvalue weighted by Gasteiger charge is -2.36. The highest BCUT2D eigenvalue weighted by atomic mass is 32.1. The maximum absolute atomic E-state index is 13.0. The van der Waals surface area contributed by atoms with Crippen molar-refractivity contribution in [2.24, 2.45) is 5.92 Å². The van der Waals surface area contributed by atoms with Gasteiger partial charge in [0.1, 0.15) is 6.17 Å². The van der Waals surface area contributed by atoms with E-state index in [9.17, 15) is 9.59 Å². The maximum atomic E-state index is 13.0. The molecule has 2 aromatic rings. The smallest absolute Gasteiger partial charge is 0.262 e. The van der Waals surface area contributed by atoms with Gasteiger partial charge < -0.3 is 5.32 Å². The summed E-state index contributed by atoms with van der Waals surface area (Å²) in [6.45, 7) is 3.89. The van der Waals surface area contributed by atoms with Gasteiger partial charge in [0, 0.05) is 18.7 Å². The van der Waals surface area contributed by atoms with Gasteiger partial charge in [-0.15, -0.1) is 11.3 Å². The van der Waals surface area contributed by atoms with Crippen molar-refractivity contribution in [1.29, 1.82) is 0 Å². The van der Waals surface area contributed by atoms with Crippen LogP contribution >= 0.6 is 11.3 Å². The van der Waals surface area contributed by atoms with Crippen LogP contribution in [-0.2, 0) is 0 Å². The van der Waals surface area contributed by atoms with E-state index in [0.29, 0.717) is 16.4 Å². The first kappa shape index (κ1) is 16.9. The van der Waals surface area contributed by atoms with Crippen LogP contribution in [0, 0.1) is 5.92 Å². The summed E-state index contributed by atoms with van der Waals surface area (Å²) in [5.74, 6) is 0.440. The molecule has 1 amide bonds. The summed E-state index contributed by atoms with van der Waals surface area (Å²) in [5, 5.41) is 4.82. The van der Waals surface area contributed by atoms with Crippen LogP contribution in [0.4, 0.5) is 0 Å². The maximum Gasteiger partial charge on any atom is 0.262 e. The summed E-state index contributed by atoms with van der Waals surface area (Å²) in [4.78, 5) is 28.2. The molecule has 5 heteroatoms. The quantitative estimate of drug-likeness (QED) is 0.847. The van der Waals surface area contributed by atoms with Crippen LogP contribution in [-0.4, -0.2) is 35.8 Å². The molecular formula is C19H22N2O2S. The molecule has 1 fully saturated rings. The zero-order valence-corrected chi connectivity index (χ0v) is 14.6. The zero-order valence-electron chi connectivity index (χ0n) is 13.8. The summed E-state index contributed by atoms with van der Waals surface area (Å²) >= 11 is 1.39. The fourth-order valence-corrected chi connectivity index (χ4v) is 3.60. The molecule has 0 bridgehead atoms. The molecule has 0 radical (unpaired) electrons. The molecule has 1 aliphatic rings. The van der Waals surface area contributed by atoms with Gasteiger partial charge in [-0.05, 0) is 30.2 Å². The first-order valence-corrected chi connectivity index (χ1v) is 9.21. The average molecular weight is 342 g/mol. The Balaban J connectivity index is 1.80. The van der Waals surface area contributed by atoms with Crippen molar-refractivity contribution >= 4 is 23.0 Å². The molecule has 3 rings (SSSR count). The number of piperidine rings is 1. The van der Waals surface area contributed by atoms with Gasteiger partial charge in [0.25, 0.3) is 5.91 Å². The zero-order chi connectivity index (χ0) is 16.9. The fourth-order valence-electron chi connectivity index (χ4n) is 2.97. The van der Waals surface area contributed by atoms with E-state index < -0.39 is 6.17 Å². The van der Waals surface area contributed by atoms with Gasteiger partial charge in [-0.1, -0.05) is 43.3 Å². The Bertz CT molecular complexity index is 677. The van der Waals surface area contributed by atoms with E-state index in [0.717, 1.165) is 25.9 Å². The Morgan fingerprint density at radius 3 is 2.46 bits per heavy atom. The van der Waals surface area contributed by atoms with Gasteiger partial charge in [0.05, 0.1) is 4.88 Å². The Kier molecular flexibility index (Phi) is 5.43. The minimum Gasteiger partial charge on any atom is -0.329 e. The molecule has 1 aromatic carbocycles. The third kappa shape index (κ3) is 3.91. The van der Waals surface area contributed by atoms with Crippen molar-refractivity contribution < 1.29 is 9.59 Å². The lowest BCUT2D eigenvalue weighted by Crippen LogP contribution is -2.55. The predicted molar refractivity (Wildman–Crippen MR) is 96.3 cm³/mol. The number of thiophene rings is 1. The van der Waals surface area contributed by atoms with Crippen LogP contribution in [0.15, 0.2) is 47.8 Å². The Morgan fingerprint density at radius 1 is 1.12 bits per heavy atom. The van der Waals surface area contributed by atoms with Gasteiger partial charge in [0.15, 0.2) is 5.78 Å². The highest BCUT2D eigenvalue weighted by Gasteiger charge is 2.31. The van der Waals surface area contributed by atoms with Crippen LogP contribution in [0.25, 0.3) is 0 Å². The van der Waals surface area contributed by atoms with Crippen molar-refractivity contribution in [3.63, 3.8) is 0 Å². The summed E-state index contributed by atoms with van der Waals surface area (Å²) < 4.78 is 0. The molecule has 2 heterocycles. The van der Waals surface area contributed by atoms with Gasteiger partial charge in [-0.25, -0.2) is 0 Å². The second-order valence-corrected chi connectivity index (χ2v) is 7.25. The number of carbonyl (C=O) groups excluding carboxylic acids is 2. The van der Waals surface area contributed by atoms with Crippen molar-refractivity contribution in [2.45, 2.75) is 25.9 Å². The second-order valence-electron chi connectivity index (χ2n) is 6.30. The third-order valence-corrected chi connectivity index (χ3v) is 5.37. The monoisotopic (exact) mass is 342 g/mol. The van der Waals surface area contributed by atoms with Crippen molar-refractivity contribution in [3.05, 3.63) is 58.3 Å². The molecule has 1 N–H and O–H groups in total. The molecule has 24 heavy (non-hydrogen) atoms. The van der Waals surface area contributed by atoms with Gasteiger partial charge in [0.2, 0.25) is 0 Å². The number of Topliss-reactive ketones (excluding diaryl/α,β-unsaturated/α-hetero) is 1. The van der Waals surface area contributed by atoms with Crippen LogP contribution in [0.2, 0.25) is 0 Å². The van der Waals surface area contributed by atoms with E-state index >= 15 is 0 Å². The molecule has 1 saturated heterocycles. The standard InChI is InChI=1S/C19H22N2O2S/c1-14-9-11-21(12-10-14)18(17(22)15-6-3-2-4-7-15)20-19(23)16-8-5-13-24-16/h2-8,13-14,18H,9-12H2,1H3,(H,20,23)/t18-/m1/s1. The minimum atomic E-state index is -0.602. The summed E-state index contributed by atoms with van der Waals surface area (Å²) in [5.41, 5.74) is 0.632. The van der Waals surface area contributed by atoms with E-state index in [1.54, 1.807) is 18.2 Å². The first-order chi connectivity index (χ1) is 11.6. The number of rotatable bonds is 5. The Morgan fingerprint density at radius 2 is 1.83 bits per heavy atom. The predicted octanol–water partition coefficient (Wildman–Crippen LogP) is 3.42. The molecule has 0 saturated carbocycles. The lowest BCUT2D eigenvalue weighted by molar-refractivity contribution is 0.0620. The highest BCUT2D eigenvalue weighted by Crippen LogP contribution is 2.20. The van der Waals surface area contributed by atoms with Crippen LogP contribution in [0.1, 0.15) is 39.8 Å². The second kappa shape index (κ2) is 7.73. The van der Waals surface area contributed by atoms with Gasteiger partial charge in [-0.2, -0.15) is 0 Å². The van der Waals surface area contributed by atoms with Crippen molar-refractivity contribution in [2.75, 3.05) is 13.1 Å². The van der Waals surface area contributed by atoms with Crippen LogP contribution in [0.3, 0.4) is 0 Å². The summed E-state index contributed by atoms with van der Waals surface area (Å²) in [7, 11) is 0. The molecule has 1 aliphatic heterocycles. The Labute approximate surface area is 146 Å². The number of benzene rings is 1. The molecule has 0 spiro atoms. The van der Waals surface area contributed by atoms with E-state index in [4.69, 9.17) is 0 Å². The first-order valence-electron chi connectivity index (χ1n) is 8.33. The number of hydrogen-bond donors (Lipinski definition) is 1. The number of nitrogens with zero attached hydrogens (tertiary/aromatic N) is 1. The van der Waals surface area contributed by atoms with Crippen molar-refractivity contribution in [1.82, 2.24) is 10.2 Å². The molecule has 126 valence electrons. The number of ketones is 1. The largest absolute Gasteiger partial charge is 0.329 e. The third-order valence-electron chi connectivity index (χ3n) is 4.50. The normalized spacial score (nSPS) is 17.4. The highest BCUT2D eigenvalue weighted by molar-refractivity contribution is 7.12. The summed E-state index contributed by atoms with van der Waals surface area (Å²) in [6.07, 6.45) is 1.50. The summed E-state index contributed by atoms with van der Waals surface area (Å²) in [6, 6.07) is 12.8. The average Bonchev–Trinajstić information content (AvgIpc) is 3.15. The minimum absolute atomic E-state index is 0.0462. The topological polar surface area (TPSA) is 49.4 Å². The fraction of sp³-hybridized carbons (Fsp3) is 0.368. The van der Waals surface area contributed by atoms with Gasteiger partial charge in [-0.3, -0.25) is 14.5 Å². The molecule has 0 unspecified atom stereocenters. The van der Waals surface area contributed by atoms with Crippen LogP contribution < -0.4 is 5.32 Å². The number of amides is 1. The van der Waals surface area contributed by atoms with E-state index in [1.165, 1.54) is 11.3 Å². The van der Waals surface area contributed by atoms with E-state index in [2.05, 4.69) is 17.1 Å². The number of hydrogen-bond acceptors (Lipinski definition) is 4. The SMILES string of the molecule is CC1CCN([C@@H](NC(=O)c2cccs2)C(=O)c2ccccc2)CC1. The molecule has 4 nitrogen and oxygen atoms in total. The Hall–Kier alpha value is -1.98. The lowest BCUT2D eigenvalue weighted by atomic mass is 9.97. The molecule has 0 aliphatic carbocycles. The molecule has 1 atom stereocenters. The van der Waals surface area contributed by atoms with E-state index in [-0.39, 0.29) is 11.7 Å². The molecular weight excluding hydrogens is 320 g/mol.